The predicted octanol–water partition coefficient (Wildman–Crippen LogP) is 1.32. The number of phenolic OH excluding ortho intramolecular Hbond substituents is 1. The zero-order valence-electron chi connectivity index (χ0n) is 12.8. The van der Waals surface area contributed by atoms with Crippen LogP contribution in [0.1, 0.15) is 56.3 Å². The number of phenols is 1. The molecule has 0 spiro atoms. The van der Waals surface area contributed by atoms with Crippen LogP contribution in [0, 0.1) is 6.92 Å². The van der Waals surface area contributed by atoms with Crippen LogP contribution in [0.15, 0.2) is 18.2 Å². The number of benzene rings is 1. The zero-order valence-corrected chi connectivity index (χ0v) is 12.8. The standard InChI is InChI=1S/C17H17NO5/c1-8-12-14(15(9(2)20)18(8)6-7-19)16(22)10-4-3-5-11(21)13(10)17(12)23/h3-5,9,19-21H,6-7H2,1-2H3. The molecule has 3 rings (SSSR count). The van der Waals surface area contributed by atoms with E-state index in [1.807, 2.05) is 0 Å². The monoisotopic (exact) mass is 315 g/mol. The third kappa shape index (κ3) is 2.03. The van der Waals surface area contributed by atoms with Crippen LogP contribution in [0.3, 0.4) is 0 Å². The summed E-state index contributed by atoms with van der Waals surface area (Å²) in [6.45, 7) is 3.16. The summed E-state index contributed by atoms with van der Waals surface area (Å²) >= 11 is 0. The van der Waals surface area contributed by atoms with Crippen LogP contribution >= 0.6 is 0 Å². The Morgan fingerprint density at radius 2 is 1.83 bits per heavy atom. The molecule has 1 aromatic heterocycles. The number of carbonyl (C=O) groups is 2. The van der Waals surface area contributed by atoms with Crippen molar-refractivity contribution < 1.29 is 24.9 Å². The van der Waals surface area contributed by atoms with E-state index in [0.29, 0.717) is 11.4 Å². The number of aliphatic hydroxyl groups excluding tert-OH is 2. The van der Waals surface area contributed by atoms with E-state index in [0.717, 1.165) is 0 Å². The van der Waals surface area contributed by atoms with Gasteiger partial charge in [-0.1, -0.05) is 12.1 Å². The molecular weight excluding hydrogens is 298 g/mol. The summed E-state index contributed by atoms with van der Waals surface area (Å²) in [5.74, 6) is -1.08. The van der Waals surface area contributed by atoms with Crippen molar-refractivity contribution in [2.45, 2.75) is 26.5 Å². The minimum absolute atomic E-state index is 0.00797. The first-order valence-electron chi connectivity index (χ1n) is 7.33. The number of aromatic hydroxyl groups is 1. The van der Waals surface area contributed by atoms with E-state index in [9.17, 15) is 24.9 Å². The van der Waals surface area contributed by atoms with Gasteiger partial charge in [0.2, 0.25) is 0 Å². The molecule has 23 heavy (non-hydrogen) atoms. The molecule has 1 unspecified atom stereocenters. The number of aliphatic hydroxyl groups is 2. The topological polar surface area (TPSA) is 99.8 Å². The maximum absolute atomic E-state index is 12.9. The first kappa shape index (κ1) is 15.5. The van der Waals surface area contributed by atoms with E-state index >= 15 is 0 Å². The van der Waals surface area contributed by atoms with E-state index < -0.39 is 17.7 Å². The molecular formula is C17H17NO5. The normalized spacial score (nSPS) is 14.6. The van der Waals surface area contributed by atoms with Crippen molar-refractivity contribution in [3.05, 3.63) is 51.8 Å². The molecule has 120 valence electrons. The van der Waals surface area contributed by atoms with Crippen molar-refractivity contribution in [1.29, 1.82) is 0 Å². The molecule has 1 atom stereocenters. The van der Waals surface area contributed by atoms with Crippen molar-refractivity contribution in [2.24, 2.45) is 0 Å². The highest BCUT2D eigenvalue weighted by atomic mass is 16.3. The van der Waals surface area contributed by atoms with Gasteiger partial charge in [0.05, 0.1) is 35.1 Å². The number of nitrogens with zero attached hydrogens (tertiary/aromatic N) is 1. The lowest BCUT2D eigenvalue weighted by Gasteiger charge is -2.17. The molecule has 1 aromatic carbocycles. The molecule has 0 fully saturated rings. The highest BCUT2D eigenvalue weighted by Crippen LogP contribution is 2.38. The molecule has 6 heteroatoms. The van der Waals surface area contributed by atoms with E-state index in [2.05, 4.69) is 0 Å². The van der Waals surface area contributed by atoms with Crippen LogP contribution in [0.25, 0.3) is 0 Å². The molecule has 0 aliphatic heterocycles. The summed E-state index contributed by atoms with van der Waals surface area (Å²) in [7, 11) is 0. The van der Waals surface area contributed by atoms with Gasteiger partial charge in [0.25, 0.3) is 0 Å². The van der Waals surface area contributed by atoms with Crippen LogP contribution in [-0.4, -0.2) is 38.1 Å². The van der Waals surface area contributed by atoms with Crippen LogP contribution in [0.5, 0.6) is 5.75 Å². The number of fused-ring (bicyclic) bond motifs is 2. The van der Waals surface area contributed by atoms with E-state index in [1.54, 1.807) is 11.5 Å². The number of hydrogen-bond donors (Lipinski definition) is 3. The summed E-state index contributed by atoms with van der Waals surface area (Å²) < 4.78 is 1.59. The molecule has 3 N–H and O–H groups in total. The quantitative estimate of drug-likeness (QED) is 0.677. The zero-order chi connectivity index (χ0) is 16.9. The molecule has 0 saturated heterocycles. The van der Waals surface area contributed by atoms with Gasteiger partial charge in [-0.05, 0) is 19.9 Å². The van der Waals surface area contributed by atoms with E-state index in [1.165, 1.54) is 25.1 Å². The highest BCUT2D eigenvalue weighted by Gasteiger charge is 2.38. The molecule has 1 aliphatic carbocycles. The Labute approximate surface area is 132 Å². The second-order valence-corrected chi connectivity index (χ2v) is 5.63. The molecule has 0 radical (unpaired) electrons. The van der Waals surface area contributed by atoms with Crippen molar-refractivity contribution in [2.75, 3.05) is 6.61 Å². The fourth-order valence-electron chi connectivity index (χ4n) is 3.32. The largest absolute Gasteiger partial charge is 0.507 e. The number of aromatic nitrogens is 1. The van der Waals surface area contributed by atoms with E-state index in [4.69, 9.17) is 0 Å². The Hall–Kier alpha value is -2.44. The van der Waals surface area contributed by atoms with Crippen molar-refractivity contribution >= 4 is 11.6 Å². The van der Waals surface area contributed by atoms with Gasteiger partial charge in [-0.25, -0.2) is 0 Å². The molecule has 1 aliphatic rings. The Morgan fingerprint density at radius 1 is 1.13 bits per heavy atom. The molecule has 6 nitrogen and oxygen atoms in total. The van der Waals surface area contributed by atoms with E-state index in [-0.39, 0.29) is 41.2 Å². The average Bonchev–Trinajstić information content (AvgIpc) is 2.79. The summed E-state index contributed by atoms with van der Waals surface area (Å²) in [4.78, 5) is 25.7. The lowest BCUT2D eigenvalue weighted by Crippen LogP contribution is -2.21. The summed E-state index contributed by atoms with van der Waals surface area (Å²) in [6.07, 6.45) is -0.973. The van der Waals surface area contributed by atoms with Crippen molar-refractivity contribution in [3.63, 3.8) is 0 Å². The van der Waals surface area contributed by atoms with Gasteiger partial charge in [0.1, 0.15) is 5.75 Å². The van der Waals surface area contributed by atoms with Gasteiger partial charge in [0.15, 0.2) is 11.6 Å². The number of hydrogen-bond acceptors (Lipinski definition) is 5. The SMILES string of the molecule is Cc1c2c(c(C(C)O)n1CCO)C(=O)c1cccc(O)c1C2=O. The van der Waals surface area contributed by atoms with Gasteiger partial charge < -0.3 is 19.9 Å². The minimum atomic E-state index is -0.973. The highest BCUT2D eigenvalue weighted by molar-refractivity contribution is 6.30. The van der Waals surface area contributed by atoms with Crippen LogP contribution in [0.2, 0.25) is 0 Å². The van der Waals surface area contributed by atoms with Crippen molar-refractivity contribution in [1.82, 2.24) is 4.57 Å². The lowest BCUT2D eigenvalue weighted by molar-refractivity contribution is 0.0973. The first-order chi connectivity index (χ1) is 10.9. The van der Waals surface area contributed by atoms with Gasteiger partial charge in [-0.15, -0.1) is 0 Å². The fourth-order valence-corrected chi connectivity index (χ4v) is 3.32. The second-order valence-electron chi connectivity index (χ2n) is 5.63. The van der Waals surface area contributed by atoms with Gasteiger partial charge in [-0.3, -0.25) is 9.59 Å². The Morgan fingerprint density at radius 3 is 2.43 bits per heavy atom. The lowest BCUT2D eigenvalue weighted by atomic mass is 9.83. The molecule has 0 amide bonds. The number of ketones is 2. The van der Waals surface area contributed by atoms with Crippen LogP contribution in [-0.2, 0) is 6.54 Å². The van der Waals surface area contributed by atoms with Gasteiger partial charge in [-0.2, -0.15) is 0 Å². The van der Waals surface area contributed by atoms with Gasteiger partial charge in [0, 0.05) is 17.8 Å². The molecule has 0 bridgehead atoms. The smallest absolute Gasteiger partial charge is 0.200 e. The molecule has 2 aromatic rings. The average molecular weight is 315 g/mol. The van der Waals surface area contributed by atoms with Gasteiger partial charge >= 0.3 is 0 Å². The maximum atomic E-state index is 12.9. The fraction of sp³-hybridized carbons (Fsp3) is 0.294. The Kier molecular flexibility index (Phi) is 3.58. The summed E-state index contributed by atoms with van der Waals surface area (Å²) in [5, 5.41) is 29.3. The molecule has 1 heterocycles. The molecule has 0 saturated carbocycles. The first-order valence-corrected chi connectivity index (χ1v) is 7.33. The summed E-state index contributed by atoms with van der Waals surface area (Å²) in [5.41, 5.74) is 1.29. The third-order valence-corrected chi connectivity index (χ3v) is 4.25. The van der Waals surface area contributed by atoms with Crippen LogP contribution < -0.4 is 0 Å². The Bertz CT molecular complexity index is 832. The van der Waals surface area contributed by atoms with Crippen molar-refractivity contribution in [3.8, 4) is 5.75 Å². The number of carbonyl (C=O) groups excluding carboxylic acids is 2. The summed E-state index contributed by atoms with van der Waals surface area (Å²) in [6, 6.07) is 4.36. The third-order valence-electron chi connectivity index (χ3n) is 4.25. The Balaban J connectivity index is 2.38. The maximum Gasteiger partial charge on any atom is 0.200 e. The number of rotatable bonds is 3. The second kappa shape index (κ2) is 5.33. The predicted molar refractivity (Wildman–Crippen MR) is 81.9 cm³/mol. The van der Waals surface area contributed by atoms with Crippen LogP contribution in [0.4, 0.5) is 0 Å². The minimum Gasteiger partial charge on any atom is -0.507 e.